The van der Waals surface area contributed by atoms with Crippen LogP contribution >= 0.6 is 0 Å². The molecule has 1 aromatic rings. The minimum atomic E-state index is -0.336. The van der Waals surface area contributed by atoms with Gasteiger partial charge in [-0.3, -0.25) is 4.98 Å². The summed E-state index contributed by atoms with van der Waals surface area (Å²) in [4.78, 5) is 13.5. The second-order valence-corrected chi connectivity index (χ2v) is 7.01. The third-order valence-corrected chi connectivity index (χ3v) is 4.77. The van der Waals surface area contributed by atoms with Gasteiger partial charge in [-0.05, 0) is 6.42 Å². The number of aromatic amines is 1. The van der Waals surface area contributed by atoms with Gasteiger partial charge in [-0.25, -0.2) is 4.79 Å². The van der Waals surface area contributed by atoms with Crippen LogP contribution in [0.15, 0.2) is 15.4 Å². The molecule has 1 aromatic heterocycles. The Kier molecular flexibility index (Phi) is 11.7. The number of hydrogen-bond donors (Lipinski definition) is 1. The summed E-state index contributed by atoms with van der Waals surface area (Å²) in [5, 5.41) is 0. The molecule has 134 valence electrons. The summed E-state index contributed by atoms with van der Waals surface area (Å²) in [5.74, 6) is 0.813. The lowest BCUT2D eigenvalue weighted by molar-refractivity contribution is 0.423. The first-order chi connectivity index (χ1) is 11.2. The number of aromatic nitrogens is 1. The van der Waals surface area contributed by atoms with Gasteiger partial charge in [-0.1, -0.05) is 97.3 Å². The topological polar surface area (TPSA) is 46.0 Å². The quantitative estimate of drug-likeness (QED) is 0.372. The molecule has 1 heterocycles. The average molecular weight is 324 g/mol. The van der Waals surface area contributed by atoms with E-state index in [0.29, 0.717) is 5.92 Å². The third kappa shape index (κ3) is 10.4. The minimum Gasteiger partial charge on any atom is -0.413 e. The average Bonchev–Trinajstić information content (AvgIpc) is 2.98. The van der Waals surface area contributed by atoms with Gasteiger partial charge in [0.15, 0.2) is 0 Å². The van der Waals surface area contributed by atoms with Crippen molar-refractivity contribution in [3.8, 4) is 0 Å². The highest BCUT2D eigenvalue weighted by Gasteiger charge is 2.09. The monoisotopic (exact) mass is 323 g/mol. The SMILES string of the molecule is CCCCCCCCCCCCCCCC(C)c1c[nH]c(=O)o1. The molecule has 1 atom stereocenters. The van der Waals surface area contributed by atoms with Crippen molar-refractivity contribution in [1.29, 1.82) is 0 Å². The van der Waals surface area contributed by atoms with Crippen LogP contribution in [0.2, 0.25) is 0 Å². The van der Waals surface area contributed by atoms with E-state index in [-0.39, 0.29) is 5.76 Å². The Morgan fingerprint density at radius 2 is 1.35 bits per heavy atom. The van der Waals surface area contributed by atoms with Crippen molar-refractivity contribution in [3.05, 3.63) is 22.5 Å². The summed E-state index contributed by atoms with van der Waals surface area (Å²) in [6.07, 6.45) is 20.8. The molecule has 0 aliphatic rings. The zero-order chi connectivity index (χ0) is 16.8. The van der Waals surface area contributed by atoms with Crippen LogP contribution in [0.3, 0.4) is 0 Å². The summed E-state index contributed by atoms with van der Waals surface area (Å²) in [5.41, 5.74) is 0. The lowest BCUT2D eigenvalue weighted by atomic mass is 10.00. The van der Waals surface area contributed by atoms with Crippen LogP contribution in [0.25, 0.3) is 0 Å². The van der Waals surface area contributed by atoms with E-state index in [2.05, 4.69) is 18.8 Å². The van der Waals surface area contributed by atoms with Gasteiger partial charge in [0.1, 0.15) is 5.76 Å². The molecular formula is C20H37NO2. The molecule has 0 aliphatic carbocycles. The first-order valence-corrected chi connectivity index (χ1v) is 9.92. The van der Waals surface area contributed by atoms with E-state index in [1.165, 1.54) is 83.5 Å². The fourth-order valence-corrected chi connectivity index (χ4v) is 3.15. The van der Waals surface area contributed by atoms with E-state index in [0.717, 1.165) is 12.2 Å². The number of nitrogens with one attached hydrogen (secondary N) is 1. The number of rotatable bonds is 15. The van der Waals surface area contributed by atoms with Crippen LogP contribution in [0.1, 0.15) is 115 Å². The highest BCUT2D eigenvalue weighted by Crippen LogP contribution is 2.21. The standard InChI is InChI=1S/C20H37NO2/c1-3-4-5-6-7-8-9-10-11-12-13-14-15-16-18(2)19-17-21-20(22)23-19/h17-18H,3-16H2,1-2H3,(H,21,22). The van der Waals surface area contributed by atoms with Crippen molar-refractivity contribution >= 4 is 0 Å². The molecule has 0 spiro atoms. The first kappa shape index (κ1) is 20.1. The molecule has 1 N–H and O–H groups in total. The molecule has 0 aromatic carbocycles. The third-order valence-electron chi connectivity index (χ3n) is 4.77. The van der Waals surface area contributed by atoms with Gasteiger partial charge < -0.3 is 4.42 Å². The molecule has 0 saturated heterocycles. The van der Waals surface area contributed by atoms with E-state index >= 15 is 0 Å². The molecule has 23 heavy (non-hydrogen) atoms. The fraction of sp³-hybridized carbons (Fsp3) is 0.850. The minimum absolute atomic E-state index is 0.336. The van der Waals surface area contributed by atoms with Gasteiger partial charge in [-0.2, -0.15) is 0 Å². The van der Waals surface area contributed by atoms with Crippen LogP contribution in [-0.2, 0) is 0 Å². The summed E-state index contributed by atoms with van der Waals surface area (Å²) < 4.78 is 5.10. The highest BCUT2D eigenvalue weighted by atomic mass is 16.4. The fourth-order valence-electron chi connectivity index (χ4n) is 3.15. The molecule has 0 bridgehead atoms. The molecule has 3 heteroatoms. The van der Waals surface area contributed by atoms with Crippen molar-refractivity contribution in [2.75, 3.05) is 0 Å². The van der Waals surface area contributed by atoms with Gasteiger partial charge >= 0.3 is 5.76 Å². The van der Waals surface area contributed by atoms with E-state index in [4.69, 9.17) is 4.42 Å². The summed E-state index contributed by atoms with van der Waals surface area (Å²) >= 11 is 0. The second-order valence-electron chi connectivity index (χ2n) is 7.01. The van der Waals surface area contributed by atoms with Gasteiger partial charge in [-0.15, -0.1) is 0 Å². The Morgan fingerprint density at radius 3 is 1.78 bits per heavy atom. The molecule has 0 fully saturated rings. The van der Waals surface area contributed by atoms with Crippen LogP contribution in [0, 0.1) is 0 Å². The number of hydrogen-bond acceptors (Lipinski definition) is 2. The lowest BCUT2D eigenvalue weighted by Crippen LogP contribution is -1.95. The normalized spacial score (nSPS) is 12.6. The largest absolute Gasteiger partial charge is 0.416 e. The molecule has 0 radical (unpaired) electrons. The molecule has 1 unspecified atom stereocenters. The lowest BCUT2D eigenvalue weighted by Gasteiger charge is -2.07. The summed E-state index contributed by atoms with van der Waals surface area (Å²) in [6, 6.07) is 0. The van der Waals surface area contributed by atoms with Crippen molar-refractivity contribution in [1.82, 2.24) is 4.98 Å². The predicted octanol–water partition coefficient (Wildman–Crippen LogP) is 6.55. The van der Waals surface area contributed by atoms with Gasteiger partial charge in [0.05, 0.1) is 0 Å². The van der Waals surface area contributed by atoms with E-state index in [1.807, 2.05) is 0 Å². The van der Waals surface area contributed by atoms with Crippen molar-refractivity contribution in [3.63, 3.8) is 0 Å². The zero-order valence-corrected chi connectivity index (χ0v) is 15.4. The van der Waals surface area contributed by atoms with Crippen LogP contribution < -0.4 is 5.76 Å². The van der Waals surface area contributed by atoms with Crippen LogP contribution in [0.4, 0.5) is 0 Å². The van der Waals surface area contributed by atoms with Gasteiger partial charge in [0, 0.05) is 12.1 Å². The second kappa shape index (κ2) is 13.4. The maximum absolute atomic E-state index is 11.0. The maximum atomic E-state index is 11.0. The van der Waals surface area contributed by atoms with Gasteiger partial charge in [0.25, 0.3) is 0 Å². The number of H-pyrrole nitrogens is 1. The van der Waals surface area contributed by atoms with E-state index in [1.54, 1.807) is 6.20 Å². The molecule has 0 amide bonds. The number of oxazole rings is 1. The molecule has 0 saturated carbocycles. The zero-order valence-electron chi connectivity index (χ0n) is 15.4. The summed E-state index contributed by atoms with van der Waals surface area (Å²) in [6.45, 7) is 4.41. The Labute approximate surface area is 142 Å². The Balaban J connectivity index is 1.82. The first-order valence-electron chi connectivity index (χ1n) is 9.92. The van der Waals surface area contributed by atoms with Crippen LogP contribution in [-0.4, -0.2) is 4.98 Å². The molecule has 0 aliphatic heterocycles. The van der Waals surface area contributed by atoms with Crippen molar-refractivity contribution in [2.45, 2.75) is 110 Å². The Morgan fingerprint density at radius 1 is 0.870 bits per heavy atom. The van der Waals surface area contributed by atoms with Crippen LogP contribution in [0.5, 0.6) is 0 Å². The number of unbranched alkanes of at least 4 members (excludes halogenated alkanes) is 12. The molecule has 3 nitrogen and oxygen atoms in total. The predicted molar refractivity (Wildman–Crippen MR) is 98.1 cm³/mol. The highest BCUT2D eigenvalue weighted by molar-refractivity contribution is 4.96. The smallest absolute Gasteiger partial charge is 0.413 e. The van der Waals surface area contributed by atoms with Crippen molar-refractivity contribution < 1.29 is 4.42 Å². The van der Waals surface area contributed by atoms with Gasteiger partial charge in [0.2, 0.25) is 0 Å². The Bertz CT molecular complexity index is 421. The maximum Gasteiger partial charge on any atom is 0.416 e. The molecule has 1 rings (SSSR count). The molecular weight excluding hydrogens is 286 g/mol. The van der Waals surface area contributed by atoms with Crippen molar-refractivity contribution in [2.24, 2.45) is 0 Å². The summed E-state index contributed by atoms with van der Waals surface area (Å²) in [7, 11) is 0. The Hall–Kier alpha value is -0.990. The van der Waals surface area contributed by atoms with E-state index in [9.17, 15) is 4.79 Å². The van der Waals surface area contributed by atoms with E-state index < -0.39 is 0 Å².